The summed E-state index contributed by atoms with van der Waals surface area (Å²) in [6.45, 7) is 0.854. The van der Waals surface area contributed by atoms with Gasteiger partial charge in [0, 0.05) is 25.3 Å². The molecule has 1 fully saturated rings. The normalized spacial score (nSPS) is 14.3. The van der Waals surface area contributed by atoms with Crippen molar-refractivity contribution < 1.29 is 23.9 Å². The van der Waals surface area contributed by atoms with Crippen molar-refractivity contribution in [2.45, 2.75) is 6.42 Å². The summed E-state index contributed by atoms with van der Waals surface area (Å²) in [6, 6.07) is 3.06. The van der Waals surface area contributed by atoms with Crippen molar-refractivity contribution in [3.8, 4) is 0 Å². The summed E-state index contributed by atoms with van der Waals surface area (Å²) in [5, 5.41) is 11.3. The van der Waals surface area contributed by atoms with Crippen LogP contribution in [0.25, 0.3) is 0 Å². The molecule has 0 aromatic heterocycles. The molecular formula is C13H13FN2O4S. The number of carboxylic acids is 1. The summed E-state index contributed by atoms with van der Waals surface area (Å²) < 4.78 is 13.1. The van der Waals surface area contributed by atoms with Crippen LogP contribution < -0.4 is 5.32 Å². The number of carboxylic acid groups (broad SMARTS) is 1. The zero-order chi connectivity index (χ0) is 15.4. The number of nitrogens with one attached hydrogen (secondary N) is 1. The van der Waals surface area contributed by atoms with E-state index in [9.17, 15) is 18.8 Å². The molecule has 112 valence electrons. The third-order valence-corrected chi connectivity index (χ3v) is 3.83. The lowest BCUT2D eigenvalue weighted by Crippen LogP contribution is -2.28. The third-order valence-electron chi connectivity index (χ3n) is 2.94. The molecule has 1 aliphatic rings. The smallest absolute Gasteiger partial charge is 0.337 e. The van der Waals surface area contributed by atoms with Crippen molar-refractivity contribution in [2.75, 3.05) is 24.2 Å². The van der Waals surface area contributed by atoms with Crippen molar-refractivity contribution in [3.63, 3.8) is 0 Å². The van der Waals surface area contributed by atoms with Crippen molar-refractivity contribution in [1.82, 2.24) is 4.90 Å². The fourth-order valence-electron chi connectivity index (χ4n) is 1.88. The van der Waals surface area contributed by atoms with E-state index in [1.807, 2.05) is 0 Å². The molecule has 0 unspecified atom stereocenters. The summed E-state index contributed by atoms with van der Waals surface area (Å²) >= 11 is 1.20. The first-order valence-electron chi connectivity index (χ1n) is 6.22. The molecule has 2 N–H and O–H groups in total. The van der Waals surface area contributed by atoms with Gasteiger partial charge in [-0.15, -0.1) is 0 Å². The molecule has 0 radical (unpaired) electrons. The number of halogens is 1. The first-order chi connectivity index (χ1) is 9.97. The molecule has 1 aromatic carbocycles. The minimum Gasteiger partial charge on any atom is -0.478 e. The Kier molecular flexibility index (Phi) is 4.79. The van der Waals surface area contributed by atoms with Crippen molar-refractivity contribution in [3.05, 3.63) is 29.6 Å². The van der Waals surface area contributed by atoms with Crippen LogP contribution in [0.1, 0.15) is 16.8 Å². The van der Waals surface area contributed by atoms with Gasteiger partial charge in [-0.25, -0.2) is 9.18 Å². The van der Waals surface area contributed by atoms with Crippen molar-refractivity contribution in [1.29, 1.82) is 0 Å². The van der Waals surface area contributed by atoms with Crippen LogP contribution in [0.4, 0.5) is 14.9 Å². The standard InChI is InChI=1S/C13H13FN2O4S/c14-8-1-2-9(12(18)19)10(7-8)15-11(17)3-4-16-5-6-21-13(16)20/h1-2,7H,3-6H2,(H,15,17)(H,18,19). The predicted octanol–water partition coefficient (Wildman–Crippen LogP) is 2.02. The highest BCUT2D eigenvalue weighted by Crippen LogP contribution is 2.19. The monoisotopic (exact) mass is 312 g/mol. The summed E-state index contributed by atoms with van der Waals surface area (Å²) in [7, 11) is 0. The number of thioether (sulfide) groups is 1. The molecule has 1 aliphatic heterocycles. The van der Waals surface area contributed by atoms with E-state index in [1.54, 1.807) is 4.90 Å². The number of aromatic carboxylic acids is 1. The summed E-state index contributed by atoms with van der Waals surface area (Å²) in [4.78, 5) is 35.7. The SMILES string of the molecule is O=C(CCN1CCSC1=O)Nc1cc(F)ccc1C(=O)O. The van der Waals surface area contributed by atoms with Gasteiger partial charge in [0.15, 0.2) is 0 Å². The van der Waals surface area contributed by atoms with E-state index in [-0.39, 0.29) is 29.5 Å². The Balaban J connectivity index is 1.97. The van der Waals surface area contributed by atoms with Gasteiger partial charge in [-0.2, -0.15) is 0 Å². The molecular weight excluding hydrogens is 299 g/mol. The van der Waals surface area contributed by atoms with Crippen LogP contribution in [0.3, 0.4) is 0 Å². The van der Waals surface area contributed by atoms with Gasteiger partial charge in [-0.3, -0.25) is 9.59 Å². The van der Waals surface area contributed by atoms with E-state index in [0.29, 0.717) is 12.3 Å². The molecule has 0 atom stereocenters. The molecule has 2 rings (SSSR count). The van der Waals surface area contributed by atoms with E-state index >= 15 is 0 Å². The van der Waals surface area contributed by atoms with E-state index in [0.717, 1.165) is 18.2 Å². The van der Waals surface area contributed by atoms with Crippen molar-refractivity contribution in [2.24, 2.45) is 0 Å². The Labute approximate surface area is 124 Å². The number of rotatable bonds is 5. The van der Waals surface area contributed by atoms with Gasteiger partial charge in [-0.1, -0.05) is 11.8 Å². The lowest BCUT2D eigenvalue weighted by Gasteiger charge is -2.14. The molecule has 8 heteroatoms. The van der Waals surface area contributed by atoms with Crippen LogP contribution in [0.2, 0.25) is 0 Å². The Bertz CT molecular complexity index is 594. The second-order valence-corrected chi connectivity index (χ2v) is 5.44. The van der Waals surface area contributed by atoms with Gasteiger partial charge in [0.05, 0.1) is 11.3 Å². The number of hydrogen-bond donors (Lipinski definition) is 2. The van der Waals surface area contributed by atoms with Gasteiger partial charge in [0.25, 0.3) is 5.24 Å². The molecule has 6 nitrogen and oxygen atoms in total. The predicted molar refractivity (Wildman–Crippen MR) is 76.0 cm³/mol. The summed E-state index contributed by atoms with van der Waals surface area (Å²) in [5.41, 5.74) is -0.271. The van der Waals surface area contributed by atoms with Crippen LogP contribution in [0.15, 0.2) is 18.2 Å². The fourth-order valence-corrected chi connectivity index (χ4v) is 2.74. The largest absolute Gasteiger partial charge is 0.478 e. The third kappa shape index (κ3) is 3.94. The molecule has 0 spiro atoms. The molecule has 0 saturated carbocycles. The number of benzene rings is 1. The van der Waals surface area contributed by atoms with Gasteiger partial charge in [0.2, 0.25) is 5.91 Å². The number of amides is 2. The number of carbonyl (C=O) groups excluding carboxylic acids is 2. The average Bonchev–Trinajstić information content (AvgIpc) is 2.81. The highest BCUT2D eigenvalue weighted by Gasteiger charge is 2.21. The zero-order valence-electron chi connectivity index (χ0n) is 11.0. The van der Waals surface area contributed by atoms with Crippen LogP contribution in [0, 0.1) is 5.82 Å². The minimum atomic E-state index is -1.25. The van der Waals surface area contributed by atoms with Gasteiger partial charge >= 0.3 is 5.97 Å². The first kappa shape index (κ1) is 15.3. The summed E-state index contributed by atoms with van der Waals surface area (Å²) in [5.74, 6) is -1.65. The number of anilines is 1. The maximum Gasteiger partial charge on any atom is 0.337 e. The Morgan fingerprint density at radius 3 is 2.81 bits per heavy atom. The first-order valence-corrected chi connectivity index (χ1v) is 7.20. The van der Waals surface area contributed by atoms with Crippen LogP contribution in [-0.4, -0.2) is 46.0 Å². The second kappa shape index (κ2) is 6.57. The molecule has 1 saturated heterocycles. The minimum absolute atomic E-state index is 0.0296. The second-order valence-electron chi connectivity index (χ2n) is 4.39. The molecule has 0 bridgehead atoms. The Morgan fingerprint density at radius 1 is 1.43 bits per heavy atom. The highest BCUT2D eigenvalue weighted by molar-refractivity contribution is 8.13. The number of hydrogen-bond acceptors (Lipinski definition) is 4. The quantitative estimate of drug-likeness (QED) is 0.868. The fraction of sp³-hybridized carbons (Fsp3) is 0.308. The lowest BCUT2D eigenvalue weighted by atomic mass is 10.1. The zero-order valence-corrected chi connectivity index (χ0v) is 11.8. The lowest BCUT2D eigenvalue weighted by molar-refractivity contribution is -0.116. The number of nitrogens with zero attached hydrogens (tertiary/aromatic N) is 1. The van der Waals surface area contributed by atoms with E-state index in [4.69, 9.17) is 5.11 Å². The molecule has 1 heterocycles. The van der Waals surface area contributed by atoms with Crippen LogP contribution in [0.5, 0.6) is 0 Å². The topological polar surface area (TPSA) is 86.7 Å². The van der Waals surface area contributed by atoms with E-state index in [2.05, 4.69) is 5.32 Å². The van der Waals surface area contributed by atoms with Gasteiger partial charge in [0.1, 0.15) is 5.82 Å². The average molecular weight is 312 g/mol. The van der Waals surface area contributed by atoms with Crippen molar-refractivity contribution >= 4 is 34.6 Å². The molecule has 0 aliphatic carbocycles. The van der Waals surface area contributed by atoms with E-state index < -0.39 is 17.7 Å². The van der Waals surface area contributed by atoms with Crippen LogP contribution in [-0.2, 0) is 4.79 Å². The molecule has 1 aromatic rings. The van der Waals surface area contributed by atoms with Gasteiger partial charge in [-0.05, 0) is 18.2 Å². The van der Waals surface area contributed by atoms with Crippen LogP contribution >= 0.6 is 11.8 Å². The molecule has 21 heavy (non-hydrogen) atoms. The Hall–Kier alpha value is -2.09. The maximum atomic E-state index is 13.1. The highest BCUT2D eigenvalue weighted by atomic mass is 32.2. The van der Waals surface area contributed by atoms with E-state index in [1.165, 1.54) is 11.8 Å². The Morgan fingerprint density at radius 2 is 2.19 bits per heavy atom. The van der Waals surface area contributed by atoms with Gasteiger partial charge < -0.3 is 15.3 Å². The summed E-state index contributed by atoms with van der Waals surface area (Å²) in [6.07, 6.45) is 0.0296. The maximum absolute atomic E-state index is 13.1. The number of carbonyl (C=O) groups is 3. The molecule has 2 amide bonds.